The number of allylic oxidation sites excluding steroid dienone is 11. The predicted octanol–water partition coefficient (Wildman–Crippen LogP) is 12.1. The Morgan fingerprint density at radius 1 is 0.659 bits per heavy atom. The molecule has 0 aliphatic heterocycles. The molecule has 41 heavy (non-hydrogen) atoms. The molecule has 0 atom stereocenters. The van der Waals surface area contributed by atoms with Gasteiger partial charge in [-0.3, -0.25) is 4.79 Å². The van der Waals surface area contributed by atoms with Crippen LogP contribution in [0, 0.1) is 0 Å². The number of esters is 1. The summed E-state index contributed by atoms with van der Waals surface area (Å²) in [5.74, 6) is 0.586. The molecule has 0 bridgehead atoms. The van der Waals surface area contributed by atoms with Crippen molar-refractivity contribution in [1.82, 2.24) is 0 Å². The first-order chi connectivity index (χ1) is 20.3. The molecule has 1 rings (SSSR count). The predicted molar refractivity (Wildman–Crippen MR) is 180 cm³/mol. The molecule has 0 heterocycles. The quantitative estimate of drug-likeness (QED) is 0.0489. The first-order valence-corrected chi connectivity index (χ1v) is 16.4. The second kappa shape index (κ2) is 28.7. The Kier molecular flexibility index (Phi) is 25.3. The van der Waals surface area contributed by atoms with Crippen LogP contribution in [0.15, 0.2) is 97.7 Å². The number of unbranched alkanes of at least 4 members (excludes halogenated alkanes) is 10. The fourth-order valence-corrected chi connectivity index (χ4v) is 4.54. The van der Waals surface area contributed by atoms with Gasteiger partial charge in [-0.1, -0.05) is 124 Å². The fraction of sp³-hybridized carbons (Fsp3) is 0.513. The second-order valence-electron chi connectivity index (χ2n) is 10.7. The summed E-state index contributed by atoms with van der Waals surface area (Å²) >= 11 is 0. The third-order valence-corrected chi connectivity index (χ3v) is 6.91. The largest absolute Gasteiger partial charge is 0.427 e. The van der Waals surface area contributed by atoms with Crippen molar-refractivity contribution in [2.45, 2.75) is 129 Å². The van der Waals surface area contributed by atoms with Crippen molar-refractivity contribution in [3.05, 3.63) is 103 Å². The molecular weight excluding hydrogens is 500 g/mol. The number of carbonyl (C=O) groups excluding carboxylic acids is 1. The van der Waals surface area contributed by atoms with Gasteiger partial charge in [0.05, 0.1) is 0 Å². The summed E-state index contributed by atoms with van der Waals surface area (Å²) in [5, 5.41) is 0. The Morgan fingerprint density at radius 2 is 1.20 bits per heavy atom. The molecule has 1 aromatic rings. The molecule has 2 heteroatoms. The normalized spacial score (nSPS) is 12.1. The Hall–Kier alpha value is -2.87. The van der Waals surface area contributed by atoms with Crippen molar-refractivity contribution in [3.8, 4) is 5.75 Å². The molecule has 0 spiro atoms. The van der Waals surface area contributed by atoms with E-state index < -0.39 is 0 Å². The number of rotatable bonds is 26. The smallest absolute Gasteiger partial charge is 0.311 e. The average molecular weight is 559 g/mol. The van der Waals surface area contributed by atoms with E-state index in [2.05, 4.69) is 80.3 Å². The maximum Gasteiger partial charge on any atom is 0.311 e. The van der Waals surface area contributed by atoms with Crippen molar-refractivity contribution in [3.63, 3.8) is 0 Å². The maximum absolute atomic E-state index is 12.3. The Balaban J connectivity index is 2.02. The van der Waals surface area contributed by atoms with E-state index in [9.17, 15) is 4.79 Å². The van der Waals surface area contributed by atoms with Crippen LogP contribution in [0.5, 0.6) is 5.75 Å². The summed E-state index contributed by atoms with van der Waals surface area (Å²) < 4.78 is 5.62. The number of hydrogen-bond acceptors (Lipinski definition) is 2. The third kappa shape index (κ3) is 24.6. The zero-order valence-corrected chi connectivity index (χ0v) is 26.1. The van der Waals surface area contributed by atoms with Crippen LogP contribution in [0.3, 0.4) is 0 Å². The summed E-state index contributed by atoms with van der Waals surface area (Å²) in [5.41, 5.74) is 1.26. The van der Waals surface area contributed by atoms with E-state index in [0.29, 0.717) is 12.2 Å². The van der Waals surface area contributed by atoms with Gasteiger partial charge >= 0.3 is 5.97 Å². The van der Waals surface area contributed by atoms with Crippen molar-refractivity contribution in [1.29, 1.82) is 0 Å². The first kappa shape index (κ1) is 36.2. The summed E-state index contributed by atoms with van der Waals surface area (Å²) in [7, 11) is 0. The van der Waals surface area contributed by atoms with Gasteiger partial charge in [-0.15, -0.1) is 6.58 Å². The molecule has 1 aromatic carbocycles. The van der Waals surface area contributed by atoms with E-state index in [1.165, 1.54) is 63.4 Å². The highest BCUT2D eigenvalue weighted by atomic mass is 16.5. The van der Waals surface area contributed by atoms with Gasteiger partial charge in [0.2, 0.25) is 0 Å². The number of ether oxygens (including phenoxy) is 1. The molecule has 226 valence electrons. The number of benzene rings is 1. The highest BCUT2D eigenvalue weighted by molar-refractivity contribution is 5.72. The lowest BCUT2D eigenvalue weighted by atomic mass is 10.0. The van der Waals surface area contributed by atoms with Crippen LogP contribution >= 0.6 is 0 Å². The zero-order chi connectivity index (χ0) is 29.5. The van der Waals surface area contributed by atoms with Crippen molar-refractivity contribution < 1.29 is 9.53 Å². The van der Waals surface area contributed by atoms with Gasteiger partial charge in [-0.25, -0.2) is 0 Å². The van der Waals surface area contributed by atoms with E-state index in [0.717, 1.165) is 57.8 Å². The highest BCUT2D eigenvalue weighted by Gasteiger charge is 2.05. The third-order valence-electron chi connectivity index (χ3n) is 6.91. The summed E-state index contributed by atoms with van der Waals surface area (Å²) in [6.07, 6.45) is 45.3. The number of carbonyl (C=O) groups is 1. The molecule has 0 fully saturated rings. The van der Waals surface area contributed by atoms with Crippen LogP contribution in [-0.4, -0.2) is 5.97 Å². The molecule has 0 aliphatic carbocycles. The van der Waals surface area contributed by atoms with Crippen LogP contribution in [-0.2, 0) is 11.2 Å². The molecule has 0 aromatic heterocycles. The molecular formula is C39H58O2. The van der Waals surface area contributed by atoms with Crippen molar-refractivity contribution in [2.75, 3.05) is 0 Å². The molecule has 0 amide bonds. The van der Waals surface area contributed by atoms with Crippen molar-refractivity contribution in [2.24, 2.45) is 0 Å². The molecule has 0 N–H and O–H groups in total. The van der Waals surface area contributed by atoms with E-state index in [-0.39, 0.29) is 5.97 Å². The van der Waals surface area contributed by atoms with Gasteiger partial charge in [0.25, 0.3) is 0 Å². The fourth-order valence-electron chi connectivity index (χ4n) is 4.54. The average Bonchev–Trinajstić information content (AvgIpc) is 2.97. The summed E-state index contributed by atoms with van der Waals surface area (Å²) in [4.78, 5) is 12.3. The molecule has 2 nitrogen and oxygen atoms in total. The molecule has 0 unspecified atom stereocenters. The molecule has 0 saturated carbocycles. The van der Waals surface area contributed by atoms with Crippen LogP contribution < -0.4 is 4.74 Å². The summed E-state index contributed by atoms with van der Waals surface area (Å²) in [6, 6.07) is 8.09. The van der Waals surface area contributed by atoms with Crippen LogP contribution in [0.1, 0.15) is 128 Å². The van der Waals surface area contributed by atoms with Gasteiger partial charge in [-0.2, -0.15) is 0 Å². The SMILES string of the molecule is C=CC/C=C\C/C=C\CCCCCCCc1cccc(OC(=O)CCCCCCC/C=C\C/C=C\C/C=C\CC)c1. The van der Waals surface area contributed by atoms with Gasteiger partial charge in [-0.05, 0) is 94.7 Å². The molecule has 0 saturated heterocycles. The zero-order valence-electron chi connectivity index (χ0n) is 26.1. The topological polar surface area (TPSA) is 26.3 Å². The lowest BCUT2D eigenvalue weighted by Crippen LogP contribution is -2.07. The van der Waals surface area contributed by atoms with Gasteiger partial charge < -0.3 is 4.74 Å². The second-order valence-corrected chi connectivity index (χ2v) is 10.7. The Morgan fingerprint density at radius 3 is 1.83 bits per heavy atom. The van der Waals surface area contributed by atoms with Crippen LogP contribution in [0.4, 0.5) is 0 Å². The van der Waals surface area contributed by atoms with Gasteiger partial charge in [0.15, 0.2) is 0 Å². The Bertz CT molecular complexity index is 915. The van der Waals surface area contributed by atoms with Crippen LogP contribution in [0.25, 0.3) is 0 Å². The standard InChI is InChI=1S/C39H58O2/c1-3-5-7-9-11-13-15-17-18-20-22-24-26-28-30-35-39(40)41-38-34-31-33-37(36-38)32-29-27-25-23-21-19-16-14-12-10-8-6-4-2/h4-5,7-8,10-11,13-14,16-18,31,33-34,36H,2-3,6,9,12,15,19-30,32,35H2,1H3/b7-5-,10-8-,13-11-,16-14-,18-17-. The van der Waals surface area contributed by atoms with Crippen molar-refractivity contribution >= 4 is 5.97 Å². The first-order valence-electron chi connectivity index (χ1n) is 16.4. The lowest BCUT2D eigenvalue weighted by Gasteiger charge is -2.07. The number of hydrogen-bond donors (Lipinski definition) is 0. The minimum Gasteiger partial charge on any atom is -0.427 e. The maximum atomic E-state index is 12.3. The van der Waals surface area contributed by atoms with Gasteiger partial charge in [0, 0.05) is 6.42 Å². The summed E-state index contributed by atoms with van der Waals surface area (Å²) in [6.45, 7) is 5.88. The molecule has 0 aliphatic rings. The van der Waals surface area contributed by atoms with E-state index in [1.54, 1.807) is 0 Å². The Labute approximate surface area is 253 Å². The molecule has 0 radical (unpaired) electrons. The monoisotopic (exact) mass is 558 g/mol. The van der Waals surface area contributed by atoms with E-state index >= 15 is 0 Å². The number of aryl methyl sites for hydroxylation is 1. The minimum absolute atomic E-state index is 0.106. The highest BCUT2D eigenvalue weighted by Crippen LogP contribution is 2.18. The minimum atomic E-state index is -0.106. The lowest BCUT2D eigenvalue weighted by molar-refractivity contribution is -0.134. The van der Waals surface area contributed by atoms with E-state index in [4.69, 9.17) is 4.74 Å². The van der Waals surface area contributed by atoms with Crippen LogP contribution in [0.2, 0.25) is 0 Å². The van der Waals surface area contributed by atoms with E-state index in [1.807, 2.05) is 24.3 Å². The van der Waals surface area contributed by atoms with Gasteiger partial charge in [0.1, 0.15) is 5.75 Å².